The number of rotatable bonds is 7. The summed E-state index contributed by atoms with van der Waals surface area (Å²) in [5.74, 6) is 0.406. The molecule has 3 rings (SSSR count). The minimum atomic E-state index is -0.260. The lowest BCUT2D eigenvalue weighted by atomic mass is 10.1. The lowest BCUT2D eigenvalue weighted by Crippen LogP contribution is -2.38. The molecule has 0 spiro atoms. The summed E-state index contributed by atoms with van der Waals surface area (Å²) in [5.41, 5.74) is 3.61. The Hall–Kier alpha value is -2.46. The molecule has 0 amide bonds. The van der Waals surface area contributed by atoms with Gasteiger partial charge in [-0.25, -0.2) is 9.07 Å². The number of aliphatic imine (C=N–C) groups is 1. The molecule has 2 aromatic carbocycles. The van der Waals surface area contributed by atoms with Crippen molar-refractivity contribution in [3.63, 3.8) is 0 Å². The van der Waals surface area contributed by atoms with Gasteiger partial charge in [0.25, 0.3) is 0 Å². The first-order chi connectivity index (χ1) is 14.1. The molecule has 1 unspecified atom stereocenters. The molecule has 8 heteroatoms. The summed E-state index contributed by atoms with van der Waals surface area (Å²) in [6, 6.07) is 15.1. The van der Waals surface area contributed by atoms with Gasteiger partial charge in [0.2, 0.25) is 0 Å². The molecule has 1 heterocycles. The van der Waals surface area contributed by atoms with Crippen molar-refractivity contribution in [2.45, 2.75) is 26.1 Å². The predicted octanol–water partition coefficient (Wildman–Crippen LogP) is 4.20. The topological polar surface area (TPSA) is 63.5 Å². The molecule has 2 N–H and O–H groups in total. The number of hydrogen-bond acceptors (Lipinski definition) is 3. The van der Waals surface area contributed by atoms with E-state index < -0.39 is 0 Å². The van der Waals surface area contributed by atoms with Gasteiger partial charge in [0.05, 0.1) is 18.3 Å². The number of halogens is 2. The Morgan fingerprint density at radius 3 is 2.77 bits per heavy atom. The Morgan fingerprint density at radius 2 is 2.07 bits per heavy atom. The van der Waals surface area contributed by atoms with Crippen LogP contribution in [-0.4, -0.2) is 29.9 Å². The van der Waals surface area contributed by atoms with Crippen LogP contribution >= 0.6 is 24.0 Å². The Bertz CT molecular complexity index is 962. The molecule has 0 bridgehead atoms. The fourth-order valence-corrected chi connectivity index (χ4v) is 3.03. The molecule has 0 aliphatic carbocycles. The van der Waals surface area contributed by atoms with Gasteiger partial charge in [-0.15, -0.1) is 24.0 Å². The largest absolute Gasteiger partial charge is 0.380 e. The SMILES string of the molecule is CN=C(NCc1ccc(F)c(COC)c1)NC(C)c1cccc(-n2cccn2)c1.I. The Balaban J connectivity index is 0.00000320. The second-order valence-electron chi connectivity index (χ2n) is 6.70. The van der Waals surface area contributed by atoms with Gasteiger partial charge >= 0.3 is 0 Å². The summed E-state index contributed by atoms with van der Waals surface area (Å²) in [6.45, 7) is 2.84. The zero-order valence-electron chi connectivity index (χ0n) is 17.3. The van der Waals surface area contributed by atoms with E-state index >= 15 is 0 Å². The zero-order chi connectivity index (χ0) is 20.6. The van der Waals surface area contributed by atoms with Gasteiger partial charge in [0, 0.05) is 38.7 Å². The van der Waals surface area contributed by atoms with E-state index in [1.807, 2.05) is 29.1 Å². The maximum Gasteiger partial charge on any atom is 0.191 e. The molecule has 0 saturated carbocycles. The molecule has 1 atom stereocenters. The zero-order valence-corrected chi connectivity index (χ0v) is 19.6. The average molecular weight is 523 g/mol. The van der Waals surface area contributed by atoms with Crippen molar-refractivity contribution in [2.75, 3.05) is 14.2 Å². The van der Waals surface area contributed by atoms with Crippen molar-refractivity contribution in [3.05, 3.63) is 83.4 Å². The van der Waals surface area contributed by atoms with Gasteiger partial charge < -0.3 is 15.4 Å². The fourth-order valence-electron chi connectivity index (χ4n) is 3.03. The molecule has 6 nitrogen and oxygen atoms in total. The fraction of sp³-hybridized carbons (Fsp3) is 0.273. The van der Waals surface area contributed by atoms with E-state index in [-0.39, 0.29) is 42.4 Å². The van der Waals surface area contributed by atoms with Crippen LogP contribution in [0.3, 0.4) is 0 Å². The van der Waals surface area contributed by atoms with Crippen molar-refractivity contribution >= 4 is 29.9 Å². The number of aromatic nitrogens is 2. The van der Waals surface area contributed by atoms with Crippen LogP contribution in [0.1, 0.15) is 29.7 Å². The number of nitrogens with one attached hydrogen (secondary N) is 2. The van der Waals surface area contributed by atoms with Gasteiger partial charge in [0.15, 0.2) is 5.96 Å². The molecule has 0 aliphatic rings. The second-order valence-corrected chi connectivity index (χ2v) is 6.70. The van der Waals surface area contributed by atoms with E-state index in [0.29, 0.717) is 18.1 Å². The summed E-state index contributed by atoms with van der Waals surface area (Å²) in [5, 5.41) is 10.9. The maximum absolute atomic E-state index is 13.8. The quantitative estimate of drug-likeness (QED) is 0.277. The molecule has 3 aromatic rings. The van der Waals surface area contributed by atoms with Crippen LogP contribution in [0.5, 0.6) is 0 Å². The molecular weight excluding hydrogens is 496 g/mol. The first-order valence-electron chi connectivity index (χ1n) is 9.44. The molecule has 160 valence electrons. The maximum atomic E-state index is 13.8. The Morgan fingerprint density at radius 1 is 1.23 bits per heavy atom. The lowest BCUT2D eigenvalue weighted by Gasteiger charge is -2.19. The average Bonchev–Trinajstić information content (AvgIpc) is 3.28. The predicted molar refractivity (Wildman–Crippen MR) is 128 cm³/mol. The number of ether oxygens (including phenoxy) is 1. The van der Waals surface area contributed by atoms with Gasteiger partial charge in [-0.1, -0.05) is 18.2 Å². The van der Waals surface area contributed by atoms with Crippen LogP contribution in [0.2, 0.25) is 0 Å². The van der Waals surface area contributed by atoms with Crippen LogP contribution in [0.15, 0.2) is 65.9 Å². The van der Waals surface area contributed by atoms with Gasteiger partial charge in [-0.2, -0.15) is 5.10 Å². The number of methoxy groups -OCH3 is 1. The van der Waals surface area contributed by atoms with Crippen molar-refractivity contribution in [3.8, 4) is 5.69 Å². The van der Waals surface area contributed by atoms with Gasteiger partial charge in [0.1, 0.15) is 5.82 Å². The van der Waals surface area contributed by atoms with Gasteiger partial charge in [-0.05, 0) is 48.4 Å². The third kappa shape index (κ3) is 6.27. The standard InChI is InChI=1S/C22H26FN5O.HI/c1-16(18-6-4-7-20(13-18)28-11-5-10-26-28)27-22(24-2)25-14-17-8-9-21(23)19(12-17)15-29-3;/h4-13,16H,14-15H2,1-3H3,(H2,24,25,27);1H. The lowest BCUT2D eigenvalue weighted by molar-refractivity contribution is 0.181. The molecule has 30 heavy (non-hydrogen) atoms. The summed E-state index contributed by atoms with van der Waals surface area (Å²) >= 11 is 0. The second kappa shape index (κ2) is 11.7. The Labute approximate surface area is 193 Å². The van der Waals surface area contributed by atoms with E-state index in [0.717, 1.165) is 16.8 Å². The van der Waals surface area contributed by atoms with Crippen LogP contribution in [0, 0.1) is 5.82 Å². The smallest absolute Gasteiger partial charge is 0.191 e. The number of benzene rings is 2. The molecule has 0 radical (unpaired) electrons. The van der Waals surface area contributed by atoms with Crippen LogP contribution < -0.4 is 10.6 Å². The highest BCUT2D eigenvalue weighted by Crippen LogP contribution is 2.17. The highest BCUT2D eigenvalue weighted by atomic mass is 127. The summed E-state index contributed by atoms with van der Waals surface area (Å²) in [4.78, 5) is 4.30. The molecule has 0 fully saturated rings. The number of nitrogens with zero attached hydrogens (tertiary/aromatic N) is 3. The highest BCUT2D eigenvalue weighted by Gasteiger charge is 2.10. The normalized spacial score (nSPS) is 12.2. The van der Waals surface area contributed by atoms with E-state index in [4.69, 9.17) is 4.74 Å². The van der Waals surface area contributed by atoms with Crippen LogP contribution in [0.25, 0.3) is 5.69 Å². The summed E-state index contributed by atoms with van der Waals surface area (Å²) in [7, 11) is 3.28. The molecular formula is C22H27FIN5O. The van der Waals surface area contributed by atoms with Crippen molar-refractivity contribution in [1.29, 1.82) is 0 Å². The molecule has 0 aliphatic heterocycles. The number of guanidine groups is 1. The van der Waals surface area contributed by atoms with E-state index in [1.54, 1.807) is 32.5 Å². The molecule has 1 aromatic heterocycles. The molecule has 0 saturated heterocycles. The third-order valence-corrected chi connectivity index (χ3v) is 4.59. The van der Waals surface area contributed by atoms with Crippen molar-refractivity contribution < 1.29 is 9.13 Å². The van der Waals surface area contributed by atoms with Gasteiger partial charge in [-0.3, -0.25) is 4.99 Å². The van der Waals surface area contributed by atoms with E-state index in [1.165, 1.54) is 6.07 Å². The minimum Gasteiger partial charge on any atom is -0.380 e. The third-order valence-electron chi connectivity index (χ3n) is 4.59. The first kappa shape index (κ1) is 23.8. The summed E-state index contributed by atoms with van der Waals surface area (Å²) in [6.07, 6.45) is 3.67. The monoisotopic (exact) mass is 523 g/mol. The minimum absolute atomic E-state index is 0. The van der Waals surface area contributed by atoms with Crippen LogP contribution in [0.4, 0.5) is 4.39 Å². The van der Waals surface area contributed by atoms with E-state index in [9.17, 15) is 4.39 Å². The highest BCUT2D eigenvalue weighted by molar-refractivity contribution is 14.0. The number of hydrogen-bond donors (Lipinski definition) is 2. The first-order valence-corrected chi connectivity index (χ1v) is 9.44. The van der Waals surface area contributed by atoms with Crippen molar-refractivity contribution in [1.82, 2.24) is 20.4 Å². The Kier molecular flexibility index (Phi) is 9.25. The van der Waals surface area contributed by atoms with Crippen molar-refractivity contribution in [2.24, 2.45) is 4.99 Å². The van der Waals surface area contributed by atoms with Crippen LogP contribution in [-0.2, 0) is 17.9 Å². The summed E-state index contributed by atoms with van der Waals surface area (Å²) < 4.78 is 20.6. The van der Waals surface area contributed by atoms with E-state index in [2.05, 4.69) is 39.8 Å².